The zero-order valence-electron chi connectivity index (χ0n) is 27.2. The molecule has 0 spiro atoms. The molecule has 1 amide bonds. The minimum Gasteiger partial charge on any atom is -0.442 e. The maximum absolute atomic E-state index is 13.4. The summed E-state index contributed by atoms with van der Waals surface area (Å²) in [6.07, 6.45) is 8.57. The minimum absolute atomic E-state index is 0.142. The second-order valence-corrected chi connectivity index (χ2v) is 14.1. The summed E-state index contributed by atoms with van der Waals surface area (Å²) in [5.41, 5.74) is 4.60. The van der Waals surface area contributed by atoms with Crippen molar-refractivity contribution in [2.24, 2.45) is 11.8 Å². The third-order valence-corrected chi connectivity index (χ3v) is 7.87. The highest BCUT2D eigenvalue weighted by molar-refractivity contribution is 6.31. The van der Waals surface area contributed by atoms with E-state index < -0.39 is 23.7 Å². The Hall–Kier alpha value is -3.22. The van der Waals surface area contributed by atoms with Gasteiger partial charge in [-0.1, -0.05) is 30.7 Å². The number of nitrogens with one attached hydrogen (secondary N) is 1. The Labute approximate surface area is 269 Å². The van der Waals surface area contributed by atoms with Crippen molar-refractivity contribution in [3.8, 4) is 11.4 Å². The molecule has 4 heterocycles. The number of carbonyl (C=O) groups is 1. The third kappa shape index (κ3) is 8.14. The van der Waals surface area contributed by atoms with E-state index in [9.17, 15) is 9.90 Å². The van der Waals surface area contributed by atoms with Gasteiger partial charge in [0.1, 0.15) is 5.60 Å². The smallest absolute Gasteiger partial charge is 0.431 e. The maximum Gasteiger partial charge on any atom is 0.431 e. The highest BCUT2D eigenvalue weighted by atomic mass is 35.5. The number of hydrogen-bond acceptors (Lipinski definition) is 8. The second kappa shape index (κ2) is 13.3. The normalized spacial score (nSPS) is 21.5. The predicted octanol–water partition coefficient (Wildman–Crippen LogP) is 6.88. The van der Waals surface area contributed by atoms with Crippen LogP contribution in [0.25, 0.3) is 22.4 Å². The van der Waals surface area contributed by atoms with Crippen LogP contribution >= 0.6 is 11.6 Å². The molecule has 244 valence electrons. The van der Waals surface area contributed by atoms with Crippen molar-refractivity contribution >= 4 is 34.5 Å². The molecule has 0 bridgehead atoms. The molecule has 4 atom stereocenters. The Bertz CT molecular complexity index is 1560. The molecule has 45 heavy (non-hydrogen) atoms. The molecule has 4 unspecified atom stereocenters. The molecule has 5 rings (SSSR count). The fourth-order valence-electron chi connectivity index (χ4n) is 5.54. The third-order valence-electron chi connectivity index (χ3n) is 7.61. The molecule has 3 aromatic heterocycles. The number of rotatable bonds is 8. The lowest BCUT2D eigenvalue weighted by Gasteiger charge is -2.31. The van der Waals surface area contributed by atoms with Crippen LogP contribution in [0.1, 0.15) is 74.0 Å². The van der Waals surface area contributed by atoms with E-state index in [1.807, 2.05) is 29.0 Å². The zero-order chi connectivity index (χ0) is 32.5. The number of amides is 1. The van der Waals surface area contributed by atoms with Crippen LogP contribution in [0.15, 0.2) is 53.7 Å². The van der Waals surface area contributed by atoms with Crippen molar-refractivity contribution < 1.29 is 24.1 Å². The van der Waals surface area contributed by atoms with Crippen LogP contribution in [0, 0.1) is 11.8 Å². The molecule has 1 fully saturated rings. The molecule has 2 aliphatic rings. The number of aliphatic hydroxyl groups is 1. The topological polar surface area (TPSA) is 116 Å². The highest BCUT2D eigenvalue weighted by Crippen LogP contribution is 2.35. The van der Waals surface area contributed by atoms with Gasteiger partial charge in [0, 0.05) is 30.3 Å². The van der Waals surface area contributed by atoms with Gasteiger partial charge in [-0.05, 0) is 97.1 Å². The number of fused-ring (bicyclic) bond motifs is 1. The van der Waals surface area contributed by atoms with Crippen LogP contribution in [-0.2, 0) is 20.8 Å². The molecule has 0 radical (unpaired) electrons. The average molecular weight is 641 g/mol. The first-order valence-corrected chi connectivity index (χ1v) is 15.9. The number of carbonyl (C=O) groups excluding carboxylic acids is 1. The number of pyridine rings is 1. The molecule has 3 aromatic rings. The number of halogens is 1. The van der Waals surface area contributed by atoms with Crippen molar-refractivity contribution in [2.75, 3.05) is 11.6 Å². The number of anilines is 1. The minimum atomic E-state index is -1.50. The number of hydrogen-bond donors (Lipinski definition) is 2. The number of allylic oxidation sites excluding steroid dienone is 4. The van der Waals surface area contributed by atoms with Crippen LogP contribution < -0.4 is 10.4 Å². The lowest BCUT2D eigenvalue weighted by atomic mass is 9.90. The summed E-state index contributed by atoms with van der Waals surface area (Å²) in [5, 5.41) is 17.1. The SMILES string of the molecule is CC1C=CC(Cl)=CC1Cn1c(-c2ccnn2C2CCCCO2)cc2nc(N(NC(O)OC(C)(C)C)C(=O)OC(C)(C)C)ccc21. The number of aromatic nitrogens is 4. The molecular weight excluding hydrogens is 596 g/mol. The summed E-state index contributed by atoms with van der Waals surface area (Å²) >= 11 is 6.45. The van der Waals surface area contributed by atoms with E-state index in [0.29, 0.717) is 23.7 Å². The Morgan fingerprint density at radius 2 is 1.96 bits per heavy atom. The van der Waals surface area contributed by atoms with Gasteiger partial charge in [0.2, 0.25) is 6.41 Å². The standard InChI is InChI=1S/C33H45ClN6O5/c1-21-11-12-23(34)18-22(21)20-38-25-13-14-28(40(31(42)45-33(5,6)7)37-30(41)44-32(2,3)4)36-24(25)19-27(38)26-15-16-35-39(26)29-10-8-9-17-43-29/h11-16,18-19,21-22,29-30,37,41H,8-10,17,20H2,1-7H3. The molecule has 0 aromatic carbocycles. The van der Waals surface area contributed by atoms with E-state index in [4.69, 9.17) is 30.8 Å². The van der Waals surface area contributed by atoms with Gasteiger partial charge in [-0.3, -0.25) is 0 Å². The molecule has 2 N–H and O–H groups in total. The van der Waals surface area contributed by atoms with Gasteiger partial charge in [0.05, 0.1) is 28.0 Å². The largest absolute Gasteiger partial charge is 0.442 e. The summed E-state index contributed by atoms with van der Waals surface area (Å²) in [4.78, 5) is 18.3. The van der Waals surface area contributed by atoms with Crippen LogP contribution in [0.5, 0.6) is 0 Å². The highest BCUT2D eigenvalue weighted by Gasteiger charge is 2.30. The number of hydrazine groups is 1. The maximum atomic E-state index is 13.4. The fraction of sp³-hybridized carbons (Fsp3) is 0.545. The van der Waals surface area contributed by atoms with Gasteiger partial charge in [0.15, 0.2) is 12.0 Å². The van der Waals surface area contributed by atoms with Gasteiger partial charge in [0.25, 0.3) is 0 Å². The number of ether oxygens (including phenoxy) is 3. The molecule has 1 saturated heterocycles. The summed E-state index contributed by atoms with van der Waals surface area (Å²) in [7, 11) is 0. The van der Waals surface area contributed by atoms with Gasteiger partial charge >= 0.3 is 6.09 Å². The lowest BCUT2D eigenvalue weighted by Crippen LogP contribution is -2.53. The van der Waals surface area contributed by atoms with Gasteiger partial charge in [-0.15, -0.1) is 0 Å². The first kappa shape index (κ1) is 33.2. The Morgan fingerprint density at radius 1 is 1.18 bits per heavy atom. The Balaban J connectivity index is 1.59. The van der Waals surface area contributed by atoms with Crippen LogP contribution in [0.3, 0.4) is 0 Å². The molecule has 11 nitrogen and oxygen atoms in total. The predicted molar refractivity (Wildman–Crippen MR) is 174 cm³/mol. The average Bonchev–Trinajstić information content (AvgIpc) is 3.57. The molecule has 0 saturated carbocycles. The molecule has 12 heteroatoms. The van der Waals surface area contributed by atoms with Gasteiger partial charge in [-0.25, -0.2) is 14.5 Å². The zero-order valence-corrected chi connectivity index (χ0v) is 27.9. The van der Waals surface area contributed by atoms with E-state index in [-0.39, 0.29) is 23.9 Å². The van der Waals surface area contributed by atoms with Crippen LogP contribution in [-0.4, -0.2) is 54.8 Å². The van der Waals surface area contributed by atoms with E-state index in [1.165, 1.54) is 0 Å². The summed E-state index contributed by atoms with van der Waals surface area (Å²) < 4.78 is 21.6. The lowest BCUT2D eigenvalue weighted by molar-refractivity contribution is -0.182. The van der Waals surface area contributed by atoms with E-state index in [0.717, 1.165) is 41.2 Å². The van der Waals surface area contributed by atoms with Crippen LogP contribution in [0.2, 0.25) is 0 Å². The Kier molecular flexibility index (Phi) is 9.76. The number of aliphatic hydroxyl groups excluding tert-OH is 1. The van der Waals surface area contributed by atoms with Crippen molar-refractivity contribution in [1.29, 1.82) is 0 Å². The van der Waals surface area contributed by atoms with Crippen molar-refractivity contribution in [2.45, 2.75) is 98.1 Å². The number of nitrogens with zero attached hydrogens (tertiary/aromatic N) is 5. The van der Waals surface area contributed by atoms with Crippen molar-refractivity contribution in [1.82, 2.24) is 24.8 Å². The van der Waals surface area contributed by atoms with E-state index in [1.54, 1.807) is 53.8 Å². The van der Waals surface area contributed by atoms with Crippen molar-refractivity contribution in [3.05, 3.63) is 53.7 Å². The molecule has 1 aliphatic heterocycles. The van der Waals surface area contributed by atoms with Crippen molar-refractivity contribution in [3.63, 3.8) is 0 Å². The Morgan fingerprint density at radius 3 is 2.64 bits per heavy atom. The first-order valence-electron chi connectivity index (χ1n) is 15.5. The van der Waals surface area contributed by atoms with E-state index >= 15 is 0 Å². The fourth-order valence-corrected chi connectivity index (χ4v) is 5.78. The quantitative estimate of drug-likeness (QED) is 0.202. The van der Waals surface area contributed by atoms with Crippen LogP contribution in [0.4, 0.5) is 10.6 Å². The summed E-state index contributed by atoms with van der Waals surface area (Å²) in [5.74, 6) is 0.647. The first-order chi connectivity index (χ1) is 21.2. The van der Waals surface area contributed by atoms with E-state index in [2.05, 4.69) is 34.2 Å². The van der Waals surface area contributed by atoms with Gasteiger partial charge < -0.3 is 23.9 Å². The van der Waals surface area contributed by atoms with Gasteiger partial charge in [-0.2, -0.15) is 15.5 Å². The summed E-state index contributed by atoms with van der Waals surface area (Å²) in [6.45, 7) is 14.3. The summed E-state index contributed by atoms with van der Waals surface area (Å²) in [6, 6.07) is 7.63. The molecular formula is C33H45ClN6O5. The molecule has 1 aliphatic carbocycles. The monoisotopic (exact) mass is 640 g/mol. The second-order valence-electron chi connectivity index (χ2n) is 13.7.